The van der Waals surface area contributed by atoms with Gasteiger partial charge in [0.2, 0.25) is 6.43 Å². The molecule has 0 aliphatic heterocycles. The Morgan fingerprint density at radius 3 is 1.53 bits per heavy atom. The Morgan fingerprint density at radius 1 is 0.706 bits per heavy atom. The summed E-state index contributed by atoms with van der Waals surface area (Å²) in [6.07, 6.45) is 9.66. The van der Waals surface area contributed by atoms with Crippen molar-refractivity contribution < 1.29 is 8.78 Å². The third-order valence-electron chi connectivity index (χ3n) is 3.44. The van der Waals surface area contributed by atoms with Crippen LogP contribution in [0.5, 0.6) is 0 Å². The minimum atomic E-state index is -2.11. The molecule has 0 rings (SSSR count). The molecule has 0 aliphatic rings. The van der Waals surface area contributed by atoms with Gasteiger partial charge in [0.25, 0.3) is 0 Å². The second-order valence-electron chi connectivity index (χ2n) is 5.19. The normalized spacial score (nSPS) is 11.6. The Bertz CT molecular complexity index is 134. The summed E-state index contributed by atoms with van der Waals surface area (Å²) in [4.78, 5) is 0. The predicted octanol–water partition coefficient (Wildman–Crippen LogP) is 6.20. The van der Waals surface area contributed by atoms with E-state index in [2.05, 4.69) is 13.8 Å². The highest BCUT2D eigenvalue weighted by Crippen LogP contribution is 2.24. The maximum atomic E-state index is 12.4. The molecule has 0 fully saturated rings. The third-order valence-corrected chi connectivity index (χ3v) is 3.44. The van der Waals surface area contributed by atoms with Crippen LogP contribution in [0.2, 0.25) is 0 Å². The average Bonchev–Trinajstić information content (AvgIpc) is 2.29. The fraction of sp³-hybridized carbons (Fsp3) is 1.00. The standard InChI is InChI=1S/C15H30F2/c1-3-5-7-9-11-14(13-15(16)17)12-10-8-6-4-2/h14-15H,3-13H2,1-2H3. The van der Waals surface area contributed by atoms with Crippen LogP contribution in [0.1, 0.15) is 84.5 Å². The van der Waals surface area contributed by atoms with Crippen molar-refractivity contribution in [2.24, 2.45) is 5.92 Å². The van der Waals surface area contributed by atoms with Gasteiger partial charge >= 0.3 is 0 Å². The zero-order valence-corrected chi connectivity index (χ0v) is 11.7. The van der Waals surface area contributed by atoms with E-state index in [0.29, 0.717) is 0 Å². The van der Waals surface area contributed by atoms with Crippen molar-refractivity contribution in [2.75, 3.05) is 0 Å². The van der Waals surface area contributed by atoms with E-state index in [-0.39, 0.29) is 12.3 Å². The summed E-state index contributed by atoms with van der Waals surface area (Å²) in [6.45, 7) is 4.36. The van der Waals surface area contributed by atoms with Crippen LogP contribution in [-0.2, 0) is 0 Å². The van der Waals surface area contributed by atoms with E-state index in [0.717, 1.165) is 25.7 Å². The lowest BCUT2D eigenvalue weighted by Crippen LogP contribution is -2.06. The Hall–Kier alpha value is -0.140. The van der Waals surface area contributed by atoms with Crippen LogP contribution >= 0.6 is 0 Å². The molecule has 0 saturated heterocycles. The lowest BCUT2D eigenvalue weighted by atomic mass is 9.92. The first kappa shape index (κ1) is 16.9. The van der Waals surface area contributed by atoms with Crippen LogP contribution in [0.4, 0.5) is 8.78 Å². The molecule has 0 spiro atoms. The molecule has 0 heterocycles. The first-order chi connectivity index (χ1) is 8.20. The summed E-state index contributed by atoms with van der Waals surface area (Å²) in [7, 11) is 0. The molecule has 2 heteroatoms. The van der Waals surface area contributed by atoms with Crippen molar-refractivity contribution in [2.45, 2.75) is 90.9 Å². The molecule has 0 amide bonds. The van der Waals surface area contributed by atoms with Crippen molar-refractivity contribution in [3.8, 4) is 0 Å². The highest BCUT2D eigenvalue weighted by molar-refractivity contribution is 4.62. The van der Waals surface area contributed by atoms with Crippen LogP contribution in [0, 0.1) is 5.92 Å². The maximum absolute atomic E-state index is 12.4. The zero-order valence-electron chi connectivity index (χ0n) is 11.7. The molecule has 17 heavy (non-hydrogen) atoms. The van der Waals surface area contributed by atoms with Gasteiger partial charge in [0, 0.05) is 6.42 Å². The topological polar surface area (TPSA) is 0 Å². The van der Waals surface area contributed by atoms with Gasteiger partial charge in [-0.1, -0.05) is 78.1 Å². The van der Waals surface area contributed by atoms with Crippen LogP contribution in [0.3, 0.4) is 0 Å². The molecular weight excluding hydrogens is 218 g/mol. The number of alkyl halides is 2. The summed E-state index contributed by atoms with van der Waals surface area (Å²) in [6, 6.07) is 0. The largest absolute Gasteiger partial charge is 0.238 e. The smallest absolute Gasteiger partial charge is 0.211 e. The average molecular weight is 248 g/mol. The Kier molecular flexibility index (Phi) is 12.2. The Morgan fingerprint density at radius 2 is 1.18 bits per heavy atom. The fourth-order valence-corrected chi connectivity index (χ4v) is 2.35. The summed E-state index contributed by atoms with van der Waals surface area (Å²) in [5, 5.41) is 0. The van der Waals surface area contributed by atoms with E-state index in [1.54, 1.807) is 0 Å². The number of rotatable bonds is 12. The molecule has 0 aliphatic carbocycles. The van der Waals surface area contributed by atoms with Gasteiger partial charge in [-0.2, -0.15) is 0 Å². The van der Waals surface area contributed by atoms with Crippen molar-refractivity contribution in [1.29, 1.82) is 0 Å². The van der Waals surface area contributed by atoms with Crippen molar-refractivity contribution >= 4 is 0 Å². The van der Waals surface area contributed by atoms with Crippen LogP contribution in [-0.4, -0.2) is 6.43 Å². The van der Waals surface area contributed by atoms with Gasteiger partial charge in [0.1, 0.15) is 0 Å². The molecule has 0 N–H and O–H groups in total. The summed E-state index contributed by atoms with van der Waals surface area (Å²) in [5.74, 6) is 0.267. The van der Waals surface area contributed by atoms with E-state index in [1.807, 2.05) is 0 Å². The second kappa shape index (κ2) is 12.3. The van der Waals surface area contributed by atoms with Crippen molar-refractivity contribution in [1.82, 2.24) is 0 Å². The van der Waals surface area contributed by atoms with Gasteiger partial charge in [0.15, 0.2) is 0 Å². The van der Waals surface area contributed by atoms with Gasteiger partial charge in [0.05, 0.1) is 0 Å². The first-order valence-corrected chi connectivity index (χ1v) is 7.48. The fourth-order valence-electron chi connectivity index (χ4n) is 2.35. The van der Waals surface area contributed by atoms with E-state index in [1.165, 1.54) is 38.5 Å². The predicted molar refractivity (Wildman–Crippen MR) is 71.6 cm³/mol. The molecule has 0 saturated carbocycles. The van der Waals surface area contributed by atoms with Crippen LogP contribution in [0.15, 0.2) is 0 Å². The first-order valence-electron chi connectivity index (χ1n) is 7.48. The SMILES string of the molecule is CCCCCCC(CCCCCC)CC(F)F. The van der Waals surface area contributed by atoms with Crippen molar-refractivity contribution in [3.63, 3.8) is 0 Å². The Labute approximate surface area is 106 Å². The molecule has 0 aromatic heterocycles. The highest BCUT2D eigenvalue weighted by atomic mass is 19.3. The van der Waals surface area contributed by atoms with Crippen LogP contribution < -0.4 is 0 Å². The number of halogens is 2. The van der Waals surface area contributed by atoms with Gasteiger partial charge in [-0.25, -0.2) is 8.78 Å². The molecule has 0 unspecified atom stereocenters. The van der Waals surface area contributed by atoms with Gasteiger partial charge in [-0.3, -0.25) is 0 Å². The number of hydrogen-bond donors (Lipinski definition) is 0. The lowest BCUT2D eigenvalue weighted by molar-refractivity contribution is 0.108. The van der Waals surface area contributed by atoms with Gasteiger partial charge < -0.3 is 0 Å². The van der Waals surface area contributed by atoms with Gasteiger partial charge in [-0.05, 0) is 5.92 Å². The molecule has 0 bridgehead atoms. The summed E-state index contributed by atoms with van der Waals surface area (Å²) in [5.41, 5.74) is 0. The molecule has 0 aromatic carbocycles. The molecule has 0 aromatic rings. The second-order valence-corrected chi connectivity index (χ2v) is 5.19. The molecular formula is C15H30F2. The minimum absolute atomic E-state index is 0.123. The summed E-state index contributed by atoms with van der Waals surface area (Å²) >= 11 is 0. The monoisotopic (exact) mass is 248 g/mol. The third kappa shape index (κ3) is 12.1. The van der Waals surface area contributed by atoms with E-state index in [4.69, 9.17) is 0 Å². The lowest BCUT2D eigenvalue weighted by Gasteiger charge is -2.16. The van der Waals surface area contributed by atoms with Crippen molar-refractivity contribution in [3.05, 3.63) is 0 Å². The minimum Gasteiger partial charge on any atom is -0.211 e. The van der Waals surface area contributed by atoms with E-state index >= 15 is 0 Å². The molecule has 104 valence electrons. The molecule has 0 nitrogen and oxygen atoms in total. The Balaban J connectivity index is 3.64. The number of hydrogen-bond acceptors (Lipinski definition) is 0. The zero-order chi connectivity index (χ0) is 12.9. The van der Waals surface area contributed by atoms with Crippen LogP contribution in [0.25, 0.3) is 0 Å². The maximum Gasteiger partial charge on any atom is 0.238 e. The number of unbranched alkanes of at least 4 members (excludes halogenated alkanes) is 6. The van der Waals surface area contributed by atoms with E-state index < -0.39 is 6.43 Å². The quantitative estimate of drug-likeness (QED) is 0.361. The highest BCUT2D eigenvalue weighted by Gasteiger charge is 2.14. The molecule has 0 radical (unpaired) electrons. The molecule has 0 atom stereocenters. The van der Waals surface area contributed by atoms with Gasteiger partial charge in [-0.15, -0.1) is 0 Å². The summed E-state index contributed by atoms with van der Waals surface area (Å²) < 4.78 is 24.9. The van der Waals surface area contributed by atoms with E-state index in [9.17, 15) is 8.78 Å².